The summed E-state index contributed by atoms with van der Waals surface area (Å²) in [7, 11) is 0. The highest BCUT2D eigenvalue weighted by Crippen LogP contribution is 2.27. The SMILES string of the molecule is CC(C)(C)C(=O)c1ccc(N2CO[C@H](CN=[N+]=[N-])C2)cc1F. The average Bonchev–Trinajstić information content (AvgIpc) is 2.92. The van der Waals surface area contributed by atoms with Crippen molar-refractivity contribution in [3.8, 4) is 0 Å². The summed E-state index contributed by atoms with van der Waals surface area (Å²) in [6.45, 7) is 6.35. The molecule has 22 heavy (non-hydrogen) atoms. The quantitative estimate of drug-likeness (QED) is 0.369. The standard InChI is InChI=1S/C15H19FN4O2/c1-15(2,3)14(21)12-5-4-10(6-13(12)16)20-8-11(22-9-20)7-18-19-17/h4-6,11H,7-9H2,1-3H3/t11-/m1/s1. The van der Waals surface area contributed by atoms with Gasteiger partial charge in [0.05, 0.1) is 18.2 Å². The van der Waals surface area contributed by atoms with Gasteiger partial charge in [-0.25, -0.2) is 4.39 Å². The van der Waals surface area contributed by atoms with Gasteiger partial charge in [-0.1, -0.05) is 25.9 Å². The van der Waals surface area contributed by atoms with Crippen molar-refractivity contribution in [1.29, 1.82) is 0 Å². The van der Waals surface area contributed by atoms with Crippen LogP contribution in [0.1, 0.15) is 31.1 Å². The van der Waals surface area contributed by atoms with Crippen molar-refractivity contribution < 1.29 is 13.9 Å². The van der Waals surface area contributed by atoms with Gasteiger partial charge in [0.15, 0.2) is 5.78 Å². The minimum atomic E-state index is -0.625. The molecule has 0 spiro atoms. The number of rotatable bonds is 4. The highest BCUT2D eigenvalue weighted by atomic mass is 19.1. The second kappa shape index (κ2) is 6.34. The van der Waals surface area contributed by atoms with E-state index in [1.807, 2.05) is 4.90 Å². The molecule has 1 fully saturated rings. The zero-order valence-corrected chi connectivity index (χ0v) is 12.9. The number of hydrogen-bond acceptors (Lipinski definition) is 4. The van der Waals surface area contributed by atoms with E-state index in [0.29, 0.717) is 19.0 Å². The lowest BCUT2D eigenvalue weighted by Crippen LogP contribution is -2.24. The van der Waals surface area contributed by atoms with Crippen LogP contribution in [0, 0.1) is 11.2 Å². The number of Topliss-reactive ketones (excluding diaryl/α,β-unsaturated/α-hetero) is 1. The van der Waals surface area contributed by atoms with Gasteiger partial charge in [-0.15, -0.1) is 0 Å². The second-order valence-corrected chi connectivity index (χ2v) is 6.30. The summed E-state index contributed by atoms with van der Waals surface area (Å²) in [5, 5.41) is 3.47. The Bertz CT molecular complexity index is 620. The van der Waals surface area contributed by atoms with Crippen LogP contribution < -0.4 is 4.90 Å². The number of nitrogens with zero attached hydrogens (tertiary/aromatic N) is 4. The zero-order chi connectivity index (χ0) is 16.3. The number of carbonyl (C=O) groups is 1. The van der Waals surface area contributed by atoms with E-state index in [1.165, 1.54) is 12.1 Å². The molecule has 0 amide bonds. The fraction of sp³-hybridized carbons (Fsp3) is 0.533. The molecule has 0 radical (unpaired) electrons. The Kier molecular flexibility index (Phi) is 4.68. The van der Waals surface area contributed by atoms with E-state index in [2.05, 4.69) is 10.0 Å². The first-order valence-electron chi connectivity index (χ1n) is 7.04. The molecule has 2 rings (SSSR count). The lowest BCUT2D eigenvalue weighted by molar-refractivity contribution is 0.0854. The normalized spacial score (nSPS) is 18.2. The molecule has 118 valence electrons. The molecule has 0 aliphatic carbocycles. The minimum absolute atomic E-state index is 0.0991. The Hall–Kier alpha value is -2.11. The fourth-order valence-electron chi connectivity index (χ4n) is 2.25. The summed E-state index contributed by atoms with van der Waals surface area (Å²) in [6.07, 6.45) is -0.199. The lowest BCUT2D eigenvalue weighted by atomic mass is 9.86. The average molecular weight is 306 g/mol. The Labute approximate surface area is 128 Å². The number of ether oxygens (including phenoxy) is 1. The molecule has 1 aliphatic rings. The molecule has 1 aromatic rings. The zero-order valence-electron chi connectivity index (χ0n) is 12.9. The smallest absolute Gasteiger partial charge is 0.171 e. The monoisotopic (exact) mass is 306 g/mol. The minimum Gasteiger partial charge on any atom is -0.356 e. The van der Waals surface area contributed by atoms with Crippen molar-refractivity contribution in [2.24, 2.45) is 10.5 Å². The molecular formula is C15H19FN4O2. The van der Waals surface area contributed by atoms with Crippen LogP contribution >= 0.6 is 0 Å². The summed E-state index contributed by atoms with van der Waals surface area (Å²) >= 11 is 0. The van der Waals surface area contributed by atoms with Gasteiger partial charge >= 0.3 is 0 Å². The maximum Gasteiger partial charge on any atom is 0.171 e. The maximum absolute atomic E-state index is 14.2. The van der Waals surface area contributed by atoms with Crippen molar-refractivity contribution in [2.45, 2.75) is 26.9 Å². The van der Waals surface area contributed by atoms with Gasteiger partial charge in [-0.05, 0) is 23.7 Å². The number of anilines is 1. The maximum atomic E-state index is 14.2. The number of halogens is 1. The van der Waals surface area contributed by atoms with Crippen LogP contribution in [0.3, 0.4) is 0 Å². The topological polar surface area (TPSA) is 78.3 Å². The third kappa shape index (κ3) is 3.55. The Balaban J connectivity index is 2.14. The predicted octanol–water partition coefficient (Wildman–Crippen LogP) is 3.53. The van der Waals surface area contributed by atoms with Gasteiger partial charge in [0.25, 0.3) is 0 Å². The summed E-state index contributed by atoms with van der Waals surface area (Å²) in [5.74, 6) is -0.758. The van der Waals surface area contributed by atoms with Crippen LogP contribution in [0.15, 0.2) is 23.3 Å². The van der Waals surface area contributed by atoms with E-state index in [4.69, 9.17) is 10.3 Å². The lowest BCUT2D eigenvalue weighted by Gasteiger charge is -2.20. The number of hydrogen-bond donors (Lipinski definition) is 0. The molecule has 1 heterocycles. The molecule has 0 N–H and O–H groups in total. The van der Waals surface area contributed by atoms with Crippen LogP contribution in [-0.4, -0.2) is 31.7 Å². The Morgan fingerprint density at radius 3 is 2.86 bits per heavy atom. The van der Waals surface area contributed by atoms with Gasteiger partial charge in [0.2, 0.25) is 0 Å². The van der Waals surface area contributed by atoms with E-state index < -0.39 is 11.2 Å². The van der Waals surface area contributed by atoms with Crippen molar-refractivity contribution >= 4 is 11.5 Å². The van der Waals surface area contributed by atoms with Gasteiger partial charge in [-0.3, -0.25) is 4.79 Å². The molecule has 1 aliphatic heterocycles. The largest absolute Gasteiger partial charge is 0.356 e. The first-order valence-corrected chi connectivity index (χ1v) is 7.04. The van der Waals surface area contributed by atoms with Gasteiger partial charge in [0.1, 0.15) is 12.5 Å². The van der Waals surface area contributed by atoms with Crippen LogP contribution in [0.5, 0.6) is 0 Å². The first kappa shape index (κ1) is 16.3. The van der Waals surface area contributed by atoms with E-state index in [0.717, 1.165) is 0 Å². The van der Waals surface area contributed by atoms with Crippen molar-refractivity contribution in [2.75, 3.05) is 24.7 Å². The van der Waals surface area contributed by atoms with Crippen molar-refractivity contribution in [1.82, 2.24) is 0 Å². The van der Waals surface area contributed by atoms with Crippen LogP contribution in [0.25, 0.3) is 10.4 Å². The first-order chi connectivity index (χ1) is 10.3. The molecule has 1 atom stereocenters. The van der Waals surface area contributed by atoms with Crippen molar-refractivity contribution in [3.05, 3.63) is 40.0 Å². The van der Waals surface area contributed by atoms with Gasteiger partial charge < -0.3 is 9.64 Å². The molecule has 7 heteroatoms. The number of ketones is 1. The summed E-state index contributed by atoms with van der Waals surface area (Å²) in [4.78, 5) is 16.7. The summed E-state index contributed by atoms with van der Waals surface area (Å²) < 4.78 is 19.7. The highest BCUT2D eigenvalue weighted by molar-refractivity contribution is 6.00. The number of azide groups is 1. The summed E-state index contributed by atoms with van der Waals surface area (Å²) in [5.41, 5.74) is 8.42. The Morgan fingerprint density at radius 2 is 2.27 bits per heavy atom. The predicted molar refractivity (Wildman–Crippen MR) is 81.3 cm³/mol. The van der Waals surface area contributed by atoms with Crippen LogP contribution in [-0.2, 0) is 4.74 Å². The van der Waals surface area contributed by atoms with E-state index >= 15 is 0 Å². The van der Waals surface area contributed by atoms with Crippen LogP contribution in [0.4, 0.5) is 10.1 Å². The van der Waals surface area contributed by atoms with E-state index in [1.54, 1.807) is 26.8 Å². The Morgan fingerprint density at radius 1 is 1.55 bits per heavy atom. The van der Waals surface area contributed by atoms with E-state index in [-0.39, 0.29) is 24.0 Å². The van der Waals surface area contributed by atoms with Gasteiger partial charge in [-0.2, -0.15) is 0 Å². The molecule has 1 aromatic carbocycles. The highest BCUT2D eigenvalue weighted by Gasteiger charge is 2.27. The van der Waals surface area contributed by atoms with Gasteiger partial charge in [0, 0.05) is 22.6 Å². The second-order valence-electron chi connectivity index (χ2n) is 6.30. The van der Waals surface area contributed by atoms with E-state index in [9.17, 15) is 9.18 Å². The van der Waals surface area contributed by atoms with Crippen LogP contribution in [0.2, 0.25) is 0 Å². The molecule has 1 saturated heterocycles. The third-order valence-corrected chi connectivity index (χ3v) is 3.48. The molecular weight excluding hydrogens is 287 g/mol. The number of benzene rings is 1. The van der Waals surface area contributed by atoms with Crippen molar-refractivity contribution in [3.63, 3.8) is 0 Å². The summed E-state index contributed by atoms with van der Waals surface area (Å²) in [6, 6.07) is 4.57. The molecule has 0 bridgehead atoms. The molecule has 6 nitrogen and oxygen atoms in total. The number of carbonyl (C=O) groups excluding carboxylic acids is 1. The molecule has 0 aromatic heterocycles. The third-order valence-electron chi connectivity index (χ3n) is 3.48. The molecule has 0 unspecified atom stereocenters. The fourth-order valence-corrected chi connectivity index (χ4v) is 2.25. The molecule has 0 saturated carbocycles.